The van der Waals surface area contributed by atoms with E-state index in [4.69, 9.17) is 0 Å². The molecule has 0 aromatic heterocycles. The Bertz CT molecular complexity index is 8.00. The van der Waals surface area contributed by atoms with E-state index < -0.39 is 0 Å². The molecule has 0 rings (SSSR count). The normalized spacial score (nSPS) is 0. The van der Waals surface area contributed by atoms with Gasteiger partial charge in [-0.05, 0) is 0 Å². The van der Waals surface area contributed by atoms with Crippen molar-refractivity contribution in [1.82, 2.24) is 0 Å². The van der Waals surface area contributed by atoms with Gasteiger partial charge in [0.05, 0.1) is 0 Å². The monoisotopic (exact) mass is 445 g/mol. The molecule has 0 atom stereocenters. The van der Waals surface area contributed by atoms with Crippen molar-refractivity contribution >= 4 is 8.41 Å². The molecule has 0 unspecified atom stereocenters. The van der Waals surface area contributed by atoms with E-state index in [-0.39, 0.29) is 67.3 Å². The van der Waals surface area contributed by atoms with Gasteiger partial charge in [0.15, 0.2) is 0 Å². The first-order valence-corrected chi connectivity index (χ1v) is 0. The molecule has 0 N–H and O–H groups in total. The van der Waals surface area contributed by atoms with Crippen LogP contribution in [0, 0.1) is 0 Å². The summed E-state index contributed by atoms with van der Waals surface area (Å²) in [6.07, 6.45) is 0. The number of rotatable bonds is 0. The Hall–Kier alpha value is 1.95. The Morgan fingerprint density at radius 2 is 1.00 bits per heavy atom. The van der Waals surface area contributed by atoms with Crippen molar-refractivity contribution in [2.75, 3.05) is 0 Å². The quantitative estimate of drug-likeness (QED) is 0.447. The van der Waals surface area contributed by atoms with Gasteiger partial charge in [0.1, 0.15) is 0 Å². The molecule has 0 aliphatic heterocycles. The first-order valence-electron chi connectivity index (χ1n) is 0. The Labute approximate surface area is 66.7 Å². The molecule has 26 valence electrons. The maximum Gasteiger partial charge on any atom is 0 e. The molecule has 0 saturated carbocycles. The zero-order valence-corrected chi connectivity index (χ0v) is 7.94. The zero-order valence-electron chi connectivity index (χ0n) is 1.68. The van der Waals surface area contributed by atoms with Crippen molar-refractivity contribution in [3.8, 4) is 0 Å². The maximum absolute atomic E-state index is 0. The van der Waals surface area contributed by atoms with Gasteiger partial charge in [0, 0.05) is 67.3 Å². The van der Waals surface area contributed by atoms with E-state index in [1.54, 1.807) is 0 Å². The average Bonchev–Trinajstić information content (AvgIpc) is 0. The van der Waals surface area contributed by atoms with E-state index in [0.717, 1.165) is 0 Å². The molecule has 4 heteroatoms. The molecule has 0 aliphatic carbocycles. The second-order valence-electron chi connectivity index (χ2n) is 0. The molecule has 0 aromatic carbocycles. The van der Waals surface area contributed by atoms with E-state index >= 15 is 0 Å². The van der Waals surface area contributed by atoms with Crippen molar-refractivity contribution in [3.63, 3.8) is 0 Å². The van der Waals surface area contributed by atoms with E-state index in [9.17, 15) is 0 Å². The van der Waals surface area contributed by atoms with E-state index in [0.29, 0.717) is 0 Å². The van der Waals surface area contributed by atoms with Crippen LogP contribution in [0.2, 0.25) is 0 Å². The summed E-state index contributed by atoms with van der Waals surface area (Å²) >= 11 is 0. The second kappa shape index (κ2) is 20.3. The van der Waals surface area contributed by atoms with Crippen LogP contribution < -0.4 is 0 Å². The van der Waals surface area contributed by atoms with Crippen molar-refractivity contribution in [2.45, 2.75) is 0 Å². The SMILES string of the molecule is [B].[Cr].[Pt].[Re]. The minimum atomic E-state index is 0. The second-order valence-corrected chi connectivity index (χ2v) is 0. The summed E-state index contributed by atoms with van der Waals surface area (Å²) in [5.74, 6) is 0. The smallest absolute Gasteiger partial charge is 0 e. The van der Waals surface area contributed by atoms with Crippen LogP contribution in [0.5, 0.6) is 0 Å². The molecular weight excluding hydrogens is 444 g/mol. The third kappa shape index (κ3) is 9.04. The van der Waals surface area contributed by atoms with Crippen molar-refractivity contribution in [1.29, 1.82) is 0 Å². The molecular formula is BCrPtRe. The molecule has 4 radical (unpaired) electrons. The van der Waals surface area contributed by atoms with E-state index in [2.05, 4.69) is 0 Å². The van der Waals surface area contributed by atoms with Crippen LogP contribution >= 0.6 is 0 Å². The van der Waals surface area contributed by atoms with Crippen LogP contribution in [0.3, 0.4) is 0 Å². The molecule has 0 nitrogen and oxygen atoms in total. The Kier molecular flexibility index (Phi) is 195. The molecule has 0 aliphatic rings. The van der Waals surface area contributed by atoms with Crippen LogP contribution in [0.1, 0.15) is 0 Å². The van der Waals surface area contributed by atoms with E-state index in [1.165, 1.54) is 0 Å². The van der Waals surface area contributed by atoms with Crippen LogP contribution in [0.4, 0.5) is 0 Å². The van der Waals surface area contributed by atoms with Crippen molar-refractivity contribution < 1.29 is 58.8 Å². The molecule has 0 heterocycles. The summed E-state index contributed by atoms with van der Waals surface area (Å²) < 4.78 is 0. The number of hydrogen-bond acceptors (Lipinski definition) is 0. The maximum atomic E-state index is 0. The van der Waals surface area contributed by atoms with Gasteiger partial charge in [-0.3, -0.25) is 0 Å². The predicted octanol–water partition coefficient (Wildman–Crippen LogP) is -0.388. The van der Waals surface area contributed by atoms with E-state index in [1.807, 2.05) is 0 Å². The summed E-state index contributed by atoms with van der Waals surface area (Å²) in [5.41, 5.74) is 0. The fraction of sp³-hybridized carbons (Fsp3) is 0. The molecule has 0 amide bonds. The summed E-state index contributed by atoms with van der Waals surface area (Å²) in [6.45, 7) is 0. The molecule has 0 fully saturated rings. The largest absolute Gasteiger partial charge is 0 e. The summed E-state index contributed by atoms with van der Waals surface area (Å²) in [6, 6.07) is 0. The number of hydrogen-bond donors (Lipinski definition) is 0. The minimum absolute atomic E-state index is 0. The van der Waals surface area contributed by atoms with Crippen LogP contribution in [-0.4, -0.2) is 8.41 Å². The summed E-state index contributed by atoms with van der Waals surface area (Å²) in [4.78, 5) is 0. The van der Waals surface area contributed by atoms with Crippen LogP contribution in [0.15, 0.2) is 0 Å². The topological polar surface area (TPSA) is 0 Å². The zero-order chi connectivity index (χ0) is 0. The summed E-state index contributed by atoms with van der Waals surface area (Å²) in [5, 5.41) is 0. The minimum Gasteiger partial charge on any atom is 0 e. The molecule has 0 spiro atoms. The Morgan fingerprint density at radius 1 is 1.00 bits per heavy atom. The van der Waals surface area contributed by atoms with Crippen LogP contribution in [-0.2, 0) is 58.8 Å². The van der Waals surface area contributed by atoms with Gasteiger partial charge < -0.3 is 0 Å². The Morgan fingerprint density at radius 3 is 1.00 bits per heavy atom. The Balaban J connectivity index is 0. The third-order valence-corrected chi connectivity index (χ3v) is 0. The van der Waals surface area contributed by atoms with Gasteiger partial charge in [-0.1, -0.05) is 0 Å². The van der Waals surface area contributed by atoms with Gasteiger partial charge in [-0.2, -0.15) is 0 Å². The first-order chi connectivity index (χ1) is 0. The van der Waals surface area contributed by atoms with Gasteiger partial charge in [-0.25, -0.2) is 0 Å². The standard InChI is InChI=1S/B.Cr.Pt.Re. The van der Waals surface area contributed by atoms with Crippen LogP contribution in [0.25, 0.3) is 0 Å². The molecule has 0 bridgehead atoms. The van der Waals surface area contributed by atoms with Gasteiger partial charge in [0.25, 0.3) is 0 Å². The van der Waals surface area contributed by atoms with Gasteiger partial charge in [0.2, 0.25) is 0 Å². The first kappa shape index (κ1) is 38.4. The molecule has 4 heavy (non-hydrogen) atoms. The summed E-state index contributed by atoms with van der Waals surface area (Å²) in [7, 11) is 0. The third-order valence-electron chi connectivity index (χ3n) is 0. The fourth-order valence-electron chi connectivity index (χ4n) is 0. The van der Waals surface area contributed by atoms with Gasteiger partial charge in [-0.15, -0.1) is 0 Å². The average molecular weight is 444 g/mol. The fourth-order valence-corrected chi connectivity index (χ4v) is 0. The van der Waals surface area contributed by atoms with Crippen molar-refractivity contribution in [2.24, 2.45) is 0 Å². The van der Waals surface area contributed by atoms with Crippen molar-refractivity contribution in [3.05, 3.63) is 0 Å². The molecule has 0 saturated heterocycles. The molecule has 0 aromatic rings. The van der Waals surface area contributed by atoms with Gasteiger partial charge >= 0.3 is 0 Å². The predicted molar refractivity (Wildman–Crippen MR) is 5.75 cm³/mol.